The van der Waals surface area contributed by atoms with E-state index >= 15 is 0 Å². The molecule has 0 N–H and O–H groups in total. The molecule has 0 spiro atoms. The van der Waals surface area contributed by atoms with Crippen molar-refractivity contribution >= 4 is 34.1 Å². The van der Waals surface area contributed by atoms with Crippen LogP contribution in [0, 0.1) is 12.8 Å². The van der Waals surface area contributed by atoms with Crippen molar-refractivity contribution in [3.63, 3.8) is 0 Å². The molecular formula is C22H22ClN5. The quantitative estimate of drug-likeness (QED) is 0.474. The summed E-state index contributed by atoms with van der Waals surface area (Å²) in [7, 11) is 0. The van der Waals surface area contributed by atoms with E-state index < -0.39 is 0 Å². The number of hydrogen-bond donors (Lipinski definition) is 0. The van der Waals surface area contributed by atoms with E-state index in [1.807, 2.05) is 30.3 Å². The minimum absolute atomic E-state index is 0.682. The van der Waals surface area contributed by atoms with Crippen LogP contribution in [0.25, 0.3) is 27.9 Å². The van der Waals surface area contributed by atoms with Crippen LogP contribution in [-0.4, -0.2) is 32.7 Å². The summed E-state index contributed by atoms with van der Waals surface area (Å²) >= 11 is 6.25. The molecule has 0 unspecified atom stereocenters. The number of rotatable bonds is 2. The molecule has 1 aliphatic heterocycles. The Labute approximate surface area is 169 Å². The van der Waals surface area contributed by atoms with Crippen LogP contribution in [0.15, 0.2) is 42.5 Å². The maximum Gasteiger partial charge on any atom is 0.213 e. The molecule has 2 aromatic heterocycles. The maximum absolute atomic E-state index is 6.25. The largest absolute Gasteiger partial charge is 0.342 e. The van der Waals surface area contributed by atoms with Gasteiger partial charge in [-0.2, -0.15) is 0 Å². The van der Waals surface area contributed by atoms with Crippen LogP contribution >= 0.6 is 11.6 Å². The average Bonchev–Trinajstić information content (AvgIpc) is 3.13. The zero-order chi connectivity index (χ0) is 19.3. The van der Waals surface area contributed by atoms with Crippen LogP contribution in [0.3, 0.4) is 0 Å². The number of aryl methyl sites for hydroxylation is 1. The third-order valence-electron chi connectivity index (χ3n) is 5.74. The first kappa shape index (κ1) is 17.4. The van der Waals surface area contributed by atoms with Crippen molar-refractivity contribution in [2.75, 3.05) is 18.0 Å². The van der Waals surface area contributed by atoms with Gasteiger partial charge in [0.1, 0.15) is 0 Å². The lowest BCUT2D eigenvalue weighted by Gasteiger charge is -2.31. The van der Waals surface area contributed by atoms with Gasteiger partial charge in [-0.15, -0.1) is 10.2 Å². The summed E-state index contributed by atoms with van der Waals surface area (Å²) < 4.78 is 2.12. The Bertz CT molecular complexity index is 1170. The smallest absolute Gasteiger partial charge is 0.213 e. The van der Waals surface area contributed by atoms with E-state index in [-0.39, 0.29) is 0 Å². The van der Waals surface area contributed by atoms with Gasteiger partial charge in [-0.1, -0.05) is 42.8 Å². The van der Waals surface area contributed by atoms with Crippen molar-refractivity contribution in [3.8, 4) is 11.4 Å². The summed E-state index contributed by atoms with van der Waals surface area (Å²) in [6.45, 7) is 6.40. The van der Waals surface area contributed by atoms with Crippen LogP contribution in [0.4, 0.5) is 5.95 Å². The summed E-state index contributed by atoms with van der Waals surface area (Å²) in [5.74, 6) is 2.49. The van der Waals surface area contributed by atoms with Crippen LogP contribution in [0.1, 0.15) is 25.3 Å². The zero-order valence-electron chi connectivity index (χ0n) is 16.1. The number of piperidine rings is 1. The fourth-order valence-corrected chi connectivity index (χ4v) is 4.18. The molecule has 2 aromatic carbocycles. The number of benzene rings is 2. The van der Waals surface area contributed by atoms with Crippen molar-refractivity contribution in [1.29, 1.82) is 0 Å². The summed E-state index contributed by atoms with van der Waals surface area (Å²) in [6, 6.07) is 14.1. The highest BCUT2D eigenvalue weighted by atomic mass is 35.5. The topological polar surface area (TPSA) is 46.3 Å². The molecule has 4 aromatic rings. The Morgan fingerprint density at radius 3 is 2.61 bits per heavy atom. The Morgan fingerprint density at radius 2 is 1.82 bits per heavy atom. The minimum Gasteiger partial charge on any atom is -0.342 e. The number of nitrogens with zero attached hydrogens (tertiary/aromatic N) is 5. The normalized spacial score (nSPS) is 15.6. The minimum atomic E-state index is 0.682. The first-order chi connectivity index (χ1) is 13.6. The lowest BCUT2D eigenvalue weighted by molar-refractivity contribution is 0.434. The molecule has 1 aliphatic rings. The van der Waals surface area contributed by atoms with Gasteiger partial charge in [-0.05, 0) is 49.4 Å². The third-order valence-corrected chi connectivity index (χ3v) is 5.97. The molecule has 0 bridgehead atoms. The predicted octanol–water partition coefficient (Wildman–Crippen LogP) is 5.14. The molecule has 5 nitrogen and oxygen atoms in total. The second kappa shape index (κ2) is 6.74. The van der Waals surface area contributed by atoms with Crippen molar-refractivity contribution in [1.82, 2.24) is 19.6 Å². The highest BCUT2D eigenvalue weighted by Crippen LogP contribution is 2.32. The number of halogens is 1. The molecule has 6 heteroatoms. The molecule has 5 rings (SSSR count). The van der Waals surface area contributed by atoms with E-state index in [1.54, 1.807) is 0 Å². The Hall–Kier alpha value is -2.66. The molecule has 0 amide bonds. The molecule has 0 saturated carbocycles. The van der Waals surface area contributed by atoms with Crippen molar-refractivity contribution in [3.05, 3.63) is 53.1 Å². The maximum atomic E-state index is 6.25. The molecule has 1 fully saturated rings. The fraction of sp³-hybridized carbons (Fsp3) is 0.318. The molecule has 0 aliphatic carbocycles. The van der Waals surface area contributed by atoms with E-state index in [0.717, 1.165) is 52.9 Å². The number of fused-ring (bicyclic) bond motifs is 3. The van der Waals surface area contributed by atoms with Crippen LogP contribution in [0.5, 0.6) is 0 Å². The summed E-state index contributed by atoms with van der Waals surface area (Å²) in [5.41, 5.74) is 3.94. The first-order valence-corrected chi connectivity index (χ1v) is 10.1. The van der Waals surface area contributed by atoms with Gasteiger partial charge in [0, 0.05) is 29.1 Å². The van der Waals surface area contributed by atoms with Gasteiger partial charge in [-0.25, -0.2) is 9.38 Å². The SMILES string of the molecule is Cc1ccccc1-c1nnc2c3ccc(Cl)cc3nc(N3CCC(C)CC3)n12. The summed E-state index contributed by atoms with van der Waals surface area (Å²) in [4.78, 5) is 7.39. The molecule has 0 radical (unpaired) electrons. The fourth-order valence-electron chi connectivity index (χ4n) is 4.01. The van der Waals surface area contributed by atoms with Crippen LogP contribution in [-0.2, 0) is 0 Å². The van der Waals surface area contributed by atoms with Crippen LogP contribution in [0.2, 0.25) is 5.02 Å². The zero-order valence-corrected chi connectivity index (χ0v) is 16.8. The van der Waals surface area contributed by atoms with Crippen molar-refractivity contribution in [2.24, 2.45) is 5.92 Å². The third kappa shape index (κ3) is 2.81. The predicted molar refractivity (Wildman–Crippen MR) is 114 cm³/mol. The van der Waals surface area contributed by atoms with E-state index in [1.165, 1.54) is 18.4 Å². The van der Waals surface area contributed by atoms with E-state index in [9.17, 15) is 0 Å². The van der Waals surface area contributed by atoms with Gasteiger partial charge in [0.05, 0.1) is 5.52 Å². The Kier molecular flexibility index (Phi) is 4.20. The van der Waals surface area contributed by atoms with Gasteiger partial charge in [0.25, 0.3) is 0 Å². The van der Waals surface area contributed by atoms with Gasteiger partial charge in [0.15, 0.2) is 11.5 Å². The van der Waals surface area contributed by atoms with Gasteiger partial charge in [-0.3, -0.25) is 0 Å². The van der Waals surface area contributed by atoms with Gasteiger partial charge >= 0.3 is 0 Å². The van der Waals surface area contributed by atoms with E-state index in [2.05, 4.69) is 45.5 Å². The summed E-state index contributed by atoms with van der Waals surface area (Å²) in [5, 5.41) is 10.8. The monoisotopic (exact) mass is 391 g/mol. The molecule has 3 heterocycles. The summed E-state index contributed by atoms with van der Waals surface area (Å²) in [6.07, 6.45) is 2.33. The van der Waals surface area contributed by atoms with Gasteiger partial charge < -0.3 is 4.90 Å². The Morgan fingerprint density at radius 1 is 1.04 bits per heavy atom. The number of aromatic nitrogens is 4. The molecular weight excluding hydrogens is 370 g/mol. The van der Waals surface area contributed by atoms with Gasteiger partial charge in [0.2, 0.25) is 5.95 Å². The van der Waals surface area contributed by atoms with Crippen LogP contribution < -0.4 is 4.90 Å². The molecule has 142 valence electrons. The molecule has 28 heavy (non-hydrogen) atoms. The first-order valence-electron chi connectivity index (χ1n) is 9.77. The highest BCUT2D eigenvalue weighted by Gasteiger charge is 2.24. The Balaban J connectivity index is 1.81. The van der Waals surface area contributed by atoms with E-state index in [0.29, 0.717) is 5.02 Å². The lowest BCUT2D eigenvalue weighted by Crippen LogP contribution is -2.34. The van der Waals surface area contributed by atoms with Crippen molar-refractivity contribution in [2.45, 2.75) is 26.7 Å². The standard InChI is InChI=1S/C22H22ClN5/c1-14-9-11-27(12-10-14)22-24-19-13-16(23)7-8-18(19)21-26-25-20(28(21)22)17-6-4-3-5-15(17)2/h3-8,13-14H,9-12H2,1-2H3. The number of hydrogen-bond acceptors (Lipinski definition) is 4. The second-order valence-corrected chi connectivity index (χ2v) is 8.18. The average molecular weight is 392 g/mol. The number of anilines is 1. The van der Waals surface area contributed by atoms with E-state index in [4.69, 9.17) is 16.6 Å². The lowest BCUT2D eigenvalue weighted by atomic mass is 9.99. The molecule has 1 saturated heterocycles. The second-order valence-electron chi connectivity index (χ2n) is 7.74. The van der Waals surface area contributed by atoms with Crippen molar-refractivity contribution < 1.29 is 0 Å². The molecule has 0 atom stereocenters. The highest BCUT2D eigenvalue weighted by molar-refractivity contribution is 6.31.